The molecule has 4 aromatic rings. The number of aryl methyl sites for hydroxylation is 1. The number of aromatic amines is 1. The number of alkyl halides is 2. The Morgan fingerprint density at radius 1 is 1.12 bits per heavy atom. The first-order chi connectivity index (χ1) is 22.8. The van der Waals surface area contributed by atoms with Crippen molar-refractivity contribution in [3.63, 3.8) is 0 Å². The van der Waals surface area contributed by atoms with Crippen molar-refractivity contribution in [2.75, 3.05) is 0 Å². The lowest BCUT2D eigenvalue weighted by Gasteiger charge is -2.35. The normalized spacial score (nSPS) is 23.8. The topological polar surface area (TPSA) is 144 Å². The van der Waals surface area contributed by atoms with E-state index < -0.39 is 29.8 Å². The van der Waals surface area contributed by atoms with E-state index in [1.54, 1.807) is 36.8 Å². The molecular weight excluding hydrogens is 618 g/mol. The molecule has 2 saturated carbocycles. The molecular formula is C35H38F2N8O3. The van der Waals surface area contributed by atoms with Crippen molar-refractivity contribution in [2.24, 2.45) is 16.1 Å². The van der Waals surface area contributed by atoms with Crippen LogP contribution in [0.5, 0.6) is 0 Å². The second-order valence-corrected chi connectivity index (χ2v) is 14.2. The summed E-state index contributed by atoms with van der Waals surface area (Å²) in [6.45, 7) is 5.33. The van der Waals surface area contributed by atoms with Crippen LogP contribution in [0.3, 0.4) is 0 Å². The van der Waals surface area contributed by atoms with E-state index in [-0.39, 0.29) is 23.3 Å². The van der Waals surface area contributed by atoms with Crippen molar-refractivity contribution in [3.05, 3.63) is 84.1 Å². The van der Waals surface area contributed by atoms with Gasteiger partial charge in [-0.1, -0.05) is 57.2 Å². The molecule has 3 atom stereocenters. The lowest BCUT2D eigenvalue weighted by molar-refractivity contribution is -0.135. The third-order valence-corrected chi connectivity index (χ3v) is 9.32. The number of ether oxygens (including phenoxy) is 1. The Morgan fingerprint density at radius 3 is 2.48 bits per heavy atom. The minimum atomic E-state index is -2.75. The van der Waals surface area contributed by atoms with Gasteiger partial charge in [0.1, 0.15) is 11.6 Å². The van der Waals surface area contributed by atoms with Gasteiger partial charge in [-0.2, -0.15) is 13.9 Å². The summed E-state index contributed by atoms with van der Waals surface area (Å²) in [6.07, 6.45) is 7.26. The maximum atomic E-state index is 15.1. The molecule has 0 bridgehead atoms. The number of rotatable bonds is 9. The van der Waals surface area contributed by atoms with Crippen molar-refractivity contribution < 1.29 is 23.1 Å². The summed E-state index contributed by atoms with van der Waals surface area (Å²) in [5, 5.41) is 6.63. The van der Waals surface area contributed by atoms with E-state index in [9.17, 15) is 13.6 Å². The Morgan fingerprint density at radius 2 is 1.85 bits per heavy atom. The average molecular weight is 657 g/mol. The minimum absolute atomic E-state index is 0.0314. The van der Waals surface area contributed by atoms with E-state index in [2.05, 4.69) is 20.4 Å². The van der Waals surface area contributed by atoms with Gasteiger partial charge in [-0.05, 0) is 59.9 Å². The quantitative estimate of drug-likeness (QED) is 0.202. The Kier molecular flexibility index (Phi) is 7.41. The summed E-state index contributed by atoms with van der Waals surface area (Å²) in [4.78, 5) is 41.8. The zero-order valence-electron chi connectivity index (χ0n) is 27.2. The van der Waals surface area contributed by atoms with Gasteiger partial charge in [0, 0.05) is 29.8 Å². The molecule has 4 N–H and O–H groups in total. The number of benzene rings is 2. The minimum Gasteiger partial charge on any atom is -0.443 e. The number of imidazole rings is 1. The highest BCUT2D eigenvalue weighted by molar-refractivity contribution is 6.08. The summed E-state index contributed by atoms with van der Waals surface area (Å²) in [5.74, 6) is -0.297. The number of nitrogens with zero attached hydrogens (tertiary/aromatic N) is 5. The molecule has 13 heteroatoms. The van der Waals surface area contributed by atoms with Crippen LogP contribution in [0.2, 0.25) is 0 Å². The Balaban J connectivity index is 1.29. The summed E-state index contributed by atoms with van der Waals surface area (Å²) < 4.78 is 32.9. The molecule has 3 aliphatic rings. The van der Waals surface area contributed by atoms with E-state index in [1.165, 1.54) is 17.3 Å². The lowest BCUT2D eigenvalue weighted by atomic mass is 9.75. The maximum absolute atomic E-state index is 15.1. The Labute approximate surface area is 276 Å². The molecule has 0 saturated heterocycles. The molecule has 0 spiro atoms. The van der Waals surface area contributed by atoms with Gasteiger partial charge in [-0.3, -0.25) is 9.69 Å². The second-order valence-electron chi connectivity index (χ2n) is 14.2. The lowest BCUT2D eigenvalue weighted by Crippen LogP contribution is -2.51. The van der Waals surface area contributed by atoms with E-state index in [4.69, 9.17) is 15.5 Å². The highest BCUT2D eigenvalue weighted by atomic mass is 19.3. The van der Waals surface area contributed by atoms with Crippen molar-refractivity contribution in [3.8, 4) is 22.4 Å². The maximum Gasteiger partial charge on any atom is 0.407 e. The number of carbonyl (C=O) groups is 2. The number of hydrogen-bond acceptors (Lipinski definition) is 7. The number of carbonyl (C=O) groups excluding carboxylic acids is 2. The Hall–Kier alpha value is -5.07. The number of amides is 2. The number of guanidine groups is 1. The van der Waals surface area contributed by atoms with Gasteiger partial charge in [0.25, 0.3) is 5.91 Å². The van der Waals surface area contributed by atoms with Crippen LogP contribution in [0.4, 0.5) is 13.6 Å². The largest absolute Gasteiger partial charge is 0.443 e. The number of aromatic nitrogens is 4. The van der Waals surface area contributed by atoms with Gasteiger partial charge in [0.15, 0.2) is 5.54 Å². The van der Waals surface area contributed by atoms with Crippen LogP contribution in [0.1, 0.15) is 69.7 Å². The third-order valence-electron chi connectivity index (χ3n) is 9.32. The molecule has 2 aromatic carbocycles. The standard InChI is InChI=1S/C35H38F2N8O3/c1-20-5-8-24(13-26(20)27-16-39-19-40-27)35(14-28(35)48-32(47)42-25-11-12-25)45-29(46)34(43-31(45)38,18-33(2,3)4)23-9-6-21(7-10-23)22-15-41-44(17-22)30(36)37/h5-10,13,15-17,19,25,28,30H,11-12,14,18H2,1-4H3,(H2,38,43)(H,39,40)(H,42,47)/t28-,34+,35?/m0/s1. The molecule has 2 aromatic heterocycles. The van der Waals surface area contributed by atoms with Crippen LogP contribution in [0, 0.1) is 12.3 Å². The van der Waals surface area contributed by atoms with Crippen LogP contribution in [0.25, 0.3) is 22.4 Å². The fourth-order valence-electron chi connectivity index (χ4n) is 6.85. The smallest absolute Gasteiger partial charge is 0.407 e. The van der Waals surface area contributed by atoms with E-state index in [0.29, 0.717) is 34.2 Å². The van der Waals surface area contributed by atoms with Crippen LogP contribution in [-0.4, -0.2) is 54.8 Å². The van der Waals surface area contributed by atoms with Crippen molar-refractivity contribution >= 4 is 18.0 Å². The number of nitrogens with two attached hydrogens (primary N) is 1. The average Bonchev–Trinajstić information content (AvgIpc) is 3.75. The van der Waals surface area contributed by atoms with Crippen LogP contribution in [-0.2, 0) is 20.6 Å². The van der Waals surface area contributed by atoms with Crippen molar-refractivity contribution in [1.29, 1.82) is 0 Å². The van der Waals surface area contributed by atoms with Crippen LogP contribution >= 0.6 is 0 Å². The molecule has 2 amide bonds. The van der Waals surface area contributed by atoms with Gasteiger partial charge in [0.2, 0.25) is 5.96 Å². The number of hydrogen-bond donors (Lipinski definition) is 3. The summed E-state index contributed by atoms with van der Waals surface area (Å²) in [5.41, 5.74) is 9.17. The van der Waals surface area contributed by atoms with E-state index in [0.717, 1.165) is 35.2 Å². The molecule has 7 rings (SSSR count). The van der Waals surface area contributed by atoms with Crippen molar-refractivity contribution in [2.45, 2.75) is 83.2 Å². The number of H-pyrrole nitrogens is 1. The van der Waals surface area contributed by atoms with Gasteiger partial charge in [0.05, 0.1) is 24.4 Å². The van der Waals surface area contributed by atoms with Crippen LogP contribution in [0.15, 0.2) is 72.4 Å². The zero-order chi connectivity index (χ0) is 34.0. The first-order valence-corrected chi connectivity index (χ1v) is 16.0. The molecule has 2 aliphatic carbocycles. The first-order valence-electron chi connectivity index (χ1n) is 16.0. The second kappa shape index (κ2) is 11.3. The van der Waals surface area contributed by atoms with Crippen molar-refractivity contribution in [1.82, 2.24) is 30.0 Å². The molecule has 3 heterocycles. The van der Waals surface area contributed by atoms with Gasteiger partial charge >= 0.3 is 12.6 Å². The molecule has 2 fully saturated rings. The monoisotopic (exact) mass is 656 g/mol. The summed E-state index contributed by atoms with van der Waals surface area (Å²) in [6, 6.07) is 13.1. The first kappa shape index (κ1) is 31.5. The van der Waals surface area contributed by atoms with Crippen LogP contribution < -0.4 is 11.1 Å². The third kappa shape index (κ3) is 5.50. The summed E-state index contributed by atoms with van der Waals surface area (Å²) >= 11 is 0. The molecule has 250 valence electrons. The molecule has 48 heavy (non-hydrogen) atoms. The highest BCUT2D eigenvalue weighted by Crippen LogP contribution is 2.57. The zero-order valence-corrected chi connectivity index (χ0v) is 27.2. The predicted molar refractivity (Wildman–Crippen MR) is 175 cm³/mol. The van der Waals surface area contributed by atoms with E-state index in [1.807, 2.05) is 45.9 Å². The summed E-state index contributed by atoms with van der Waals surface area (Å²) in [7, 11) is 0. The molecule has 1 aliphatic heterocycles. The fourth-order valence-corrected chi connectivity index (χ4v) is 6.85. The van der Waals surface area contributed by atoms with Gasteiger partial charge in [-0.25, -0.2) is 19.5 Å². The molecule has 11 nitrogen and oxygen atoms in total. The van der Waals surface area contributed by atoms with Gasteiger partial charge in [-0.15, -0.1) is 0 Å². The Bertz CT molecular complexity index is 1890. The predicted octanol–water partition coefficient (Wildman–Crippen LogP) is 5.99. The molecule has 0 radical (unpaired) electrons. The van der Waals surface area contributed by atoms with Gasteiger partial charge < -0.3 is 20.8 Å². The number of halogens is 2. The number of alkyl carbamates (subject to hydrolysis) is 1. The molecule has 1 unspecified atom stereocenters. The van der Waals surface area contributed by atoms with E-state index >= 15 is 4.79 Å². The fraction of sp³-hybridized carbons (Fsp3) is 0.400. The number of nitrogens with one attached hydrogen (secondary N) is 2. The number of aliphatic imine (C=N–C) groups is 1. The highest BCUT2D eigenvalue weighted by Gasteiger charge is 2.69. The SMILES string of the molecule is Cc1ccc(C2(N3C(=O)[C@@](CC(C)(C)C)(c4ccc(-c5cnn(C(F)F)c5)cc4)N=C3N)C[C@@H]2OC(=O)NC2CC2)cc1-c1cnc[nH]1.